The Morgan fingerprint density at radius 3 is 1.64 bits per heavy atom. The molecule has 502 valence electrons. The molecule has 0 bridgehead atoms. The van der Waals surface area contributed by atoms with Gasteiger partial charge in [-0.25, -0.2) is 8.78 Å². The number of amides is 2. The molecule has 8 aromatic rings. The summed E-state index contributed by atoms with van der Waals surface area (Å²) in [4.78, 5) is 67.5. The highest BCUT2D eigenvalue weighted by atomic mass is 32.2. The predicted molar refractivity (Wildman–Crippen MR) is 358 cm³/mol. The summed E-state index contributed by atoms with van der Waals surface area (Å²) in [6.45, 7) is -7.80. The van der Waals surface area contributed by atoms with Crippen molar-refractivity contribution in [3.63, 3.8) is 0 Å². The Morgan fingerprint density at radius 2 is 1.07 bits per heavy atom. The number of hydrogen-bond donors (Lipinski definition) is 0. The fraction of sp³-hybridized carbons (Fsp3) is 0.370. The van der Waals surface area contributed by atoms with Gasteiger partial charge in [-0.3, -0.25) is 19.2 Å². The number of nitrogens with zero attached hydrogens (tertiary/aromatic N) is 8. The quantitative estimate of drug-likeness (QED) is 0.0295. The molecule has 0 aliphatic heterocycles. The fourth-order valence-electron chi connectivity index (χ4n) is 9.58. The molecule has 2 heterocycles. The molecule has 2 amide bonds. The van der Waals surface area contributed by atoms with Crippen LogP contribution in [0, 0.1) is 18.6 Å². The van der Waals surface area contributed by atoms with Gasteiger partial charge in [-0.2, -0.15) is 36.3 Å². The van der Waals surface area contributed by atoms with E-state index >= 15 is 0 Å². The lowest BCUT2D eigenvalue weighted by atomic mass is 9.98. The number of aromatic nitrogens is 4. The number of thioether (sulfide) groups is 2. The second kappa shape index (κ2) is 32.7. The number of alkyl halides is 6. The maximum atomic E-state index is 14.9. The monoisotopic (exact) mass is 1380 g/mol. The van der Waals surface area contributed by atoms with Crippen molar-refractivity contribution in [3.8, 4) is 22.3 Å². The number of likely N-dealkylation sites (N-methyl/N-ethyl adjacent to an activating group) is 2. The molecule has 12 nitrogen and oxygen atoms in total. The molecule has 0 atom stereocenters. The first-order valence-corrected chi connectivity index (χ1v) is 30.7. The van der Waals surface area contributed by atoms with Crippen LogP contribution in [0.25, 0.3) is 22.3 Å². The molecule has 2 aliphatic carbocycles. The highest BCUT2D eigenvalue weighted by molar-refractivity contribution is 7.98. The van der Waals surface area contributed by atoms with Crippen molar-refractivity contribution in [2.24, 2.45) is 0 Å². The zero-order valence-electron chi connectivity index (χ0n) is 80.3. The van der Waals surface area contributed by atoms with Crippen LogP contribution in [0.1, 0.15) is 142 Å². The SMILES string of the molecule is [2H]C([2H])(Sc1nc(=O)c2c(n1CC(=O)N(CCN(C([2H])([2H])C)C([2H])([2H])C)C([2H])([2H])c1ccc(-c3ccc(C(F)(F)F)cc3)cc1)CCC2)c1ccc(F)cc1.[2H]c1c([2H])c(C([2H])([2H])Sc2nc(=O)c3c(n2CC(=O)N(CCN(CC)CC)C([2H])([2H])c2c([2H])c([2H])c(-c4c([2H])c([2H])c(C(F)(F)F)c(C)c4[2H])c([2H])c2[2H])C([2H])([2H])C([2H])([2H])C3([2H])[2H])c([2H])c([2H])c1F. The molecule has 0 fully saturated rings. The summed E-state index contributed by atoms with van der Waals surface area (Å²) in [5, 5.41) is -1.28. The first-order chi connectivity index (χ1) is 56.7. The maximum Gasteiger partial charge on any atom is 0.416 e. The number of hydrogen-bond acceptors (Lipinski definition) is 10. The van der Waals surface area contributed by atoms with Gasteiger partial charge >= 0.3 is 12.4 Å². The van der Waals surface area contributed by atoms with Gasteiger partial charge in [0, 0.05) is 92.3 Å². The van der Waals surface area contributed by atoms with Crippen molar-refractivity contribution < 1.29 is 84.5 Å². The van der Waals surface area contributed by atoms with Gasteiger partial charge in [-0.05, 0) is 164 Å². The largest absolute Gasteiger partial charge is 0.416 e. The smallest absolute Gasteiger partial charge is 0.336 e. The molecule has 0 unspecified atom stereocenters. The van der Waals surface area contributed by atoms with Crippen LogP contribution in [0.15, 0.2) is 159 Å². The average molecular weight is 1380 g/mol. The molecule has 0 saturated heterocycles. The van der Waals surface area contributed by atoms with Gasteiger partial charge in [0.25, 0.3) is 11.1 Å². The normalized spacial score (nSPS) is 19.8. The van der Waals surface area contributed by atoms with E-state index in [2.05, 4.69) is 9.97 Å². The standard InChI is InChI=1S/C37H40F4N4O2S.C36H38F4N4O2S/c1-4-43(5-2)19-20-44(22-26-9-13-28(14-10-26)29-15-18-32(25(3)21-29)37(39,40)41)34(46)23-45-33-8-6-7-31(33)35(47)42-36(45)48-24-27-11-16-30(38)17-12-27;1-3-42(4-2)20-21-43(22-25-8-12-27(13-9-25)28-14-16-29(17-15-28)36(38,39)40)33(45)23-44-32-7-5-6-31(32)34(46)41-35(44)47-24-26-10-18-30(37)19-11-26/h9-18,21H,4-8,19-20,22-24H2,1-3H3;8-19H,3-7,20-24H2,1-2H3/i6D2,7D2,8D2,9D,10D,11D,12D,13D,14D,15D,16D,17D,18D,21D,22D2,24D2;3D2,4D2,22D2,24D2. The van der Waals surface area contributed by atoms with Gasteiger partial charge in [0.05, 0.1) is 31.7 Å². The third-order valence-corrected chi connectivity index (χ3v) is 16.2. The van der Waals surface area contributed by atoms with E-state index in [0.717, 1.165) is 54.8 Å². The third-order valence-electron chi connectivity index (χ3n) is 14.6. The Morgan fingerprint density at radius 1 is 0.558 bits per heavy atom. The minimum atomic E-state index is -5.23. The summed E-state index contributed by atoms with van der Waals surface area (Å²) in [6.07, 6.45) is -19.3. The second-order valence-corrected chi connectivity index (χ2v) is 22.2. The van der Waals surface area contributed by atoms with Crippen molar-refractivity contribution in [2.75, 3.05) is 52.3 Å². The van der Waals surface area contributed by atoms with Crippen LogP contribution < -0.4 is 11.1 Å². The summed E-state index contributed by atoms with van der Waals surface area (Å²) in [6, 6.07) is 0.684. The molecule has 2 aliphatic rings. The molecule has 95 heavy (non-hydrogen) atoms. The topological polar surface area (TPSA) is 117 Å². The lowest BCUT2D eigenvalue weighted by Gasteiger charge is -2.28. The van der Waals surface area contributed by atoms with Gasteiger partial charge in [0.1, 0.15) is 24.7 Å². The van der Waals surface area contributed by atoms with E-state index in [9.17, 15) is 59.8 Å². The number of halogens is 8. The molecule has 0 N–H and O–H groups in total. The van der Waals surface area contributed by atoms with Crippen LogP contribution in [0.2, 0.25) is 0 Å². The molecule has 22 heteroatoms. The zero-order chi connectivity index (χ0) is 93.7. The summed E-state index contributed by atoms with van der Waals surface area (Å²) in [7, 11) is 0. The first kappa shape index (κ1) is 41.9. The van der Waals surface area contributed by atoms with Crippen molar-refractivity contribution in [1.82, 2.24) is 38.7 Å². The lowest BCUT2D eigenvalue weighted by Crippen LogP contribution is -2.40. The van der Waals surface area contributed by atoms with Crippen LogP contribution in [-0.4, -0.2) is 103 Å². The van der Waals surface area contributed by atoms with Crippen LogP contribution in [0.4, 0.5) is 35.1 Å². The summed E-state index contributed by atoms with van der Waals surface area (Å²) >= 11 is 0.236. The highest BCUT2D eigenvalue weighted by Crippen LogP contribution is 2.36. The number of carbonyl (C=O) groups excluding carboxylic acids is 2. The van der Waals surface area contributed by atoms with Crippen molar-refractivity contribution >= 4 is 35.3 Å². The van der Waals surface area contributed by atoms with Crippen LogP contribution in [-0.2, 0) is 85.0 Å². The van der Waals surface area contributed by atoms with E-state index in [-0.39, 0.29) is 47.7 Å². The summed E-state index contributed by atoms with van der Waals surface area (Å²) in [5.41, 5.74) is -16.4. The number of benzene rings is 6. The Kier molecular flexibility index (Phi) is 14.4. The van der Waals surface area contributed by atoms with Crippen LogP contribution in [0.3, 0.4) is 0 Å². The van der Waals surface area contributed by atoms with Crippen LogP contribution >= 0.6 is 23.5 Å². The molecular formula is C73H78F8N8O4S2. The third kappa shape index (κ3) is 19.0. The molecular weight excluding hydrogens is 1270 g/mol. The number of fused-ring (bicyclic) bond motifs is 2. The molecule has 6 aromatic carbocycles. The minimum absolute atomic E-state index is 0.0485. The Bertz CT molecular complexity index is 5500. The Balaban J connectivity index is 0.000000288. The van der Waals surface area contributed by atoms with Crippen molar-refractivity contribution in [3.05, 3.63) is 233 Å². The maximum absolute atomic E-state index is 14.9. The number of carbonyl (C=O) groups is 2. The fourth-order valence-corrected chi connectivity index (χ4v) is 11.0. The van der Waals surface area contributed by atoms with Crippen molar-refractivity contribution in [2.45, 2.75) is 133 Å². The Labute approximate surface area is 598 Å². The van der Waals surface area contributed by atoms with E-state index in [4.69, 9.17) is 34.3 Å². The van der Waals surface area contributed by atoms with E-state index < -0.39 is 258 Å². The molecule has 0 saturated carbocycles. The van der Waals surface area contributed by atoms with Crippen molar-refractivity contribution in [1.29, 1.82) is 0 Å². The number of rotatable bonds is 26. The van der Waals surface area contributed by atoms with E-state index in [1.807, 2.05) is 0 Å². The summed E-state index contributed by atoms with van der Waals surface area (Å²) < 4.78 is 361. The lowest BCUT2D eigenvalue weighted by molar-refractivity contribution is -0.138. The molecule has 10 rings (SSSR count). The van der Waals surface area contributed by atoms with Gasteiger partial charge in [-0.15, -0.1) is 0 Å². The van der Waals surface area contributed by atoms with E-state index in [1.165, 1.54) is 53.1 Å². The predicted octanol–water partition coefficient (Wildman–Crippen LogP) is 14.7. The highest BCUT2D eigenvalue weighted by Gasteiger charge is 2.33. The minimum Gasteiger partial charge on any atom is -0.336 e. The first-order valence-electron chi connectivity index (χ1n) is 43.6. The zero-order valence-corrected chi connectivity index (χ0v) is 52.9. The molecule has 2 aromatic heterocycles. The van der Waals surface area contributed by atoms with E-state index in [0.29, 0.717) is 62.9 Å². The van der Waals surface area contributed by atoms with Gasteiger partial charge in [-0.1, -0.05) is 148 Å². The van der Waals surface area contributed by atoms with Gasteiger partial charge in [0.2, 0.25) is 11.8 Å². The molecule has 0 radical (unpaired) electrons. The van der Waals surface area contributed by atoms with Crippen LogP contribution in [0.5, 0.6) is 0 Å². The van der Waals surface area contributed by atoms with Gasteiger partial charge in [0.15, 0.2) is 10.3 Å². The molecule has 0 spiro atoms. The Hall–Kier alpha value is -7.92. The van der Waals surface area contributed by atoms with Gasteiger partial charge < -0.3 is 28.7 Å². The second-order valence-electron chi connectivity index (χ2n) is 20.6. The van der Waals surface area contributed by atoms with E-state index in [1.54, 1.807) is 18.7 Å². The summed E-state index contributed by atoms with van der Waals surface area (Å²) in [5.74, 6) is -4.68. The average Bonchev–Trinajstić information content (AvgIpc) is 1.51.